The lowest BCUT2D eigenvalue weighted by atomic mass is 9.79. The van der Waals surface area contributed by atoms with Gasteiger partial charge in [-0.3, -0.25) is 19.3 Å². The average Bonchev–Trinajstić information content (AvgIpc) is 3.03. The largest absolute Gasteiger partial charge is 0.366 e. The molecule has 35 heavy (non-hydrogen) atoms. The van der Waals surface area contributed by atoms with Gasteiger partial charge < -0.3 is 10.2 Å². The van der Waals surface area contributed by atoms with Gasteiger partial charge in [-0.15, -0.1) is 0 Å². The van der Waals surface area contributed by atoms with Crippen LogP contribution in [-0.4, -0.2) is 40.6 Å². The minimum Gasteiger partial charge on any atom is -0.366 e. The van der Waals surface area contributed by atoms with Crippen molar-refractivity contribution in [2.75, 3.05) is 23.3 Å². The van der Waals surface area contributed by atoms with Crippen LogP contribution in [0, 0.1) is 13.8 Å². The number of amides is 3. The second-order valence-electron chi connectivity index (χ2n) is 10.1. The van der Waals surface area contributed by atoms with Gasteiger partial charge in [0.1, 0.15) is 6.54 Å². The van der Waals surface area contributed by atoms with Crippen LogP contribution in [0.3, 0.4) is 0 Å². The lowest BCUT2D eigenvalue weighted by Gasteiger charge is -2.47. The molecule has 1 saturated heterocycles. The fourth-order valence-corrected chi connectivity index (χ4v) is 5.99. The van der Waals surface area contributed by atoms with Crippen molar-refractivity contribution in [1.29, 1.82) is 0 Å². The maximum atomic E-state index is 13.0. The van der Waals surface area contributed by atoms with Gasteiger partial charge in [0, 0.05) is 23.5 Å². The van der Waals surface area contributed by atoms with Crippen LogP contribution in [0.2, 0.25) is 0 Å². The summed E-state index contributed by atoms with van der Waals surface area (Å²) in [5, 5.41) is 2.32. The quantitative estimate of drug-likeness (QED) is 0.513. The molecule has 2 aliphatic rings. The average molecular weight is 492 g/mol. The second-order valence-corrected chi connectivity index (χ2v) is 11.1. The molecule has 0 bridgehead atoms. The summed E-state index contributed by atoms with van der Waals surface area (Å²) in [4.78, 5) is 41.9. The Hall–Kier alpha value is -3.06. The first-order valence-corrected chi connectivity index (χ1v) is 12.9. The number of carbonyl (C=O) groups excluding carboxylic acids is 3. The maximum Gasteiger partial charge on any atom is 0.294 e. The normalized spacial score (nSPS) is 20.4. The molecule has 4 rings (SSSR count). The summed E-state index contributed by atoms with van der Waals surface area (Å²) >= 11 is 0.887. The highest BCUT2D eigenvalue weighted by molar-refractivity contribution is 8.18. The number of imide groups is 1. The number of thioether (sulfide) groups is 1. The predicted molar refractivity (Wildman–Crippen MR) is 144 cm³/mol. The molecule has 0 spiro atoms. The summed E-state index contributed by atoms with van der Waals surface area (Å²) in [6.07, 6.45) is 2.84. The zero-order valence-corrected chi connectivity index (χ0v) is 22.1. The molecule has 2 aromatic carbocycles. The third kappa shape index (κ3) is 5.01. The van der Waals surface area contributed by atoms with Crippen molar-refractivity contribution in [3.05, 3.63) is 63.6 Å². The fraction of sp³-hybridized carbons (Fsp3) is 0.393. The molecule has 2 aliphatic heterocycles. The van der Waals surface area contributed by atoms with E-state index < -0.39 is 17.1 Å². The third-order valence-electron chi connectivity index (χ3n) is 6.89. The third-order valence-corrected chi connectivity index (χ3v) is 7.79. The zero-order chi connectivity index (χ0) is 25.5. The highest BCUT2D eigenvalue weighted by atomic mass is 32.2. The summed E-state index contributed by atoms with van der Waals surface area (Å²) in [6.45, 7) is 13.6. The highest BCUT2D eigenvalue weighted by Crippen LogP contribution is 2.45. The Morgan fingerprint density at radius 3 is 2.51 bits per heavy atom. The van der Waals surface area contributed by atoms with Crippen LogP contribution in [0.1, 0.15) is 62.3 Å². The predicted octanol–water partition coefficient (Wildman–Crippen LogP) is 6.09. The zero-order valence-electron chi connectivity index (χ0n) is 21.3. The molecule has 0 aromatic heterocycles. The molecule has 1 atom stereocenters. The molecule has 0 unspecified atom stereocenters. The SMILES string of the molecule is CCN1c2cc(C)c(/C=C3\SC(=O)N(CC(=O)Nc4ccc(C)cc4)C3=O)cc2[C@@H](C)CC1(C)C. The Labute approximate surface area is 211 Å². The number of nitrogens with zero attached hydrogens (tertiary/aromatic N) is 2. The monoisotopic (exact) mass is 491 g/mol. The van der Waals surface area contributed by atoms with Gasteiger partial charge >= 0.3 is 0 Å². The summed E-state index contributed by atoms with van der Waals surface area (Å²) in [7, 11) is 0. The van der Waals surface area contributed by atoms with Gasteiger partial charge in [0.2, 0.25) is 5.91 Å². The molecule has 7 heteroatoms. The Morgan fingerprint density at radius 2 is 1.86 bits per heavy atom. The van der Waals surface area contributed by atoms with Gasteiger partial charge in [0.15, 0.2) is 0 Å². The number of nitrogens with one attached hydrogen (secondary N) is 1. The number of rotatable bonds is 5. The fourth-order valence-electron chi connectivity index (χ4n) is 5.16. The first-order valence-electron chi connectivity index (χ1n) is 12.0. The number of anilines is 2. The van der Waals surface area contributed by atoms with Crippen molar-refractivity contribution in [1.82, 2.24) is 4.90 Å². The minimum atomic E-state index is -0.430. The molecule has 1 fully saturated rings. The Balaban J connectivity index is 1.55. The molecule has 184 valence electrons. The van der Waals surface area contributed by atoms with Gasteiger partial charge in [-0.25, -0.2) is 0 Å². The lowest BCUT2D eigenvalue weighted by molar-refractivity contribution is -0.127. The van der Waals surface area contributed by atoms with E-state index in [9.17, 15) is 14.4 Å². The van der Waals surface area contributed by atoms with Crippen LogP contribution in [0.5, 0.6) is 0 Å². The number of fused-ring (bicyclic) bond motifs is 1. The summed E-state index contributed by atoms with van der Waals surface area (Å²) in [6, 6.07) is 11.7. The van der Waals surface area contributed by atoms with Crippen molar-refractivity contribution in [3.63, 3.8) is 0 Å². The van der Waals surface area contributed by atoms with E-state index in [1.54, 1.807) is 18.2 Å². The highest BCUT2D eigenvalue weighted by Gasteiger charge is 2.38. The molecule has 0 aliphatic carbocycles. The van der Waals surface area contributed by atoms with Crippen LogP contribution < -0.4 is 10.2 Å². The Kier molecular flexibility index (Phi) is 6.82. The number of hydrogen-bond donors (Lipinski definition) is 1. The molecule has 1 N–H and O–H groups in total. The number of benzene rings is 2. The molecule has 0 saturated carbocycles. The van der Waals surface area contributed by atoms with E-state index in [1.807, 2.05) is 26.0 Å². The van der Waals surface area contributed by atoms with Crippen LogP contribution in [0.15, 0.2) is 41.3 Å². The molecule has 2 aromatic rings. The topological polar surface area (TPSA) is 69.7 Å². The van der Waals surface area contributed by atoms with E-state index in [4.69, 9.17) is 0 Å². The summed E-state index contributed by atoms with van der Waals surface area (Å²) in [5.41, 5.74) is 6.28. The molecular formula is C28H33N3O3S. The summed E-state index contributed by atoms with van der Waals surface area (Å²) in [5.74, 6) is -0.449. The second kappa shape index (κ2) is 9.53. The maximum absolute atomic E-state index is 13.0. The van der Waals surface area contributed by atoms with E-state index >= 15 is 0 Å². The van der Waals surface area contributed by atoms with Gasteiger partial charge in [0.05, 0.1) is 4.91 Å². The molecule has 3 amide bonds. The van der Waals surface area contributed by atoms with Crippen LogP contribution in [0.4, 0.5) is 16.2 Å². The number of carbonyl (C=O) groups is 3. The standard InChI is InChI=1S/C28H33N3O3S/c1-7-31-23-12-18(3)20(13-22(23)19(4)15-28(31,5)6)14-24-26(33)30(27(34)35-24)16-25(32)29-21-10-8-17(2)9-11-21/h8-14,19H,7,15-16H2,1-6H3,(H,29,32)/b24-14-/t19-/m0/s1. The van der Waals surface area contributed by atoms with Crippen LogP contribution >= 0.6 is 11.8 Å². The molecule has 0 radical (unpaired) electrons. The van der Waals surface area contributed by atoms with Crippen molar-refractivity contribution in [2.24, 2.45) is 0 Å². The summed E-state index contributed by atoms with van der Waals surface area (Å²) < 4.78 is 0. The van der Waals surface area contributed by atoms with Crippen molar-refractivity contribution in [2.45, 2.75) is 59.4 Å². The minimum absolute atomic E-state index is 0.0803. The van der Waals surface area contributed by atoms with E-state index in [-0.39, 0.29) is 12.1 Å². The first kappa shape index (κ1) is 25.0. The van der Waals surface area contributed by atoms with Gasteiger partial charge in [-0.2, -0.15) is 0 Å². The van der Waals surface area contributed by atoms with E-state index in [1.165, 1.54) is 11.3 Å². The van der Waals surface area contributed by atoms with Crippen molar-refractivity contribution in [3.8, 4) is 0 Å². The van der Waals surface area contributed by atoms with Crippen LogP contribution in [0.25, 0.3) is 6.08 Å². The van der Waals surface area contributed by atoms with Crippen molar-refractivity contribution < 1.29 is 14.4 Å². The lowest BCUT2D eigenvalue weighted by Crippen LogP contribution is -2.48. The Bertz CT molecular complexity index is 1220. The van der Waals surface area contributed by atoms with Gasteiger partial charge in [0.25, 0.3) is 11.1 Å². The molecule has 2 heterocycles. The van der Waals surface area contributed by atoms with Gasteiger partial charge in [-0.1, -0.05) is 24.6 Å². The molecular weight excluding hydrogens is 458 g/mol. The van der Waals surface area contributed by atoms with Gasteiger partial charge in [-0.05, 0) is 106 Å². The van der Waals surface area contributed by atoms with E-state index in [0.717, 1.165) is 46.3 Å². The molecule has 6 nitrogen and oxygen atoms in total. The smallest absolute Gasteiger partial charge is 0.294 e. The van der Waals surface area contributed by atoms with Crippen molar-refractivity contribution >= 4 is 46.3 Å². The van der Waals surface area contributed by atoms with E-state index in [0.29, 0.717) is 16.5 Å². The number of aryl methyl sites for hydroxylation is 2. The van der Waals surface area contributed by atoms with E-state index in [2.05, 4.69) is 50.0 Å². The number of hydrogen-bond acceptors (Lipinski definition) is 5. The first-order chi connectivity index (χ1) is 16.5. The van der Waals surface area contributed by atoms with Crippen LogP contribution in [-0.2, 0) is 9.59 Å². The Morgan fingerprint density at radius 1 is 1.17 bits per heavy atom.